The fourth-order valence-corrected chi connectivity index (χ4v) is 6.89. The first-order valence-corrected chi connectivity index (χ1v) is 11.7. The molecule has 0 radical (unpaired) electrons. The second kappa shape index (κ2) is 6.02. The average Bonchev–Trinajstić information content (AvgIpc) is 3.55. The lowest BCUT2D eigenvalue weighted by atomic mass is 9.89. The summed E-state index contributed by atoms with van der Waals surface area (Å²) >= 11 is 0. The Balaban J connectivity index is 1.69. The van der Waals surface area contributed by atoms with E-state index in [9.17, 15) is 14.7 Å². The molecular weight excluding hydrogens is 446 g/mol. The van der Waals surface area contributed by atoms with Crippen LogP contribution in [0.25, 0.3) is 43.6 Å². The van der Waals surface area contributed by atoms with Gasteiger partial charge in [-0.15, -0.1) is 0 Å². The second-order valence-electron chi connectivity index (χ2n) is 9.92. The number of fused-ring (bicyclic) bond motifs is 13. The zero-order chi connectivity index (χ0) is 23.7. The number of amides is 1. The molecule has 2 N–H and O–H groups in total. The van der Waals surface area contributed by atoms with Crippen molar-refractivity contribution in [3.05, 3.63) is 59.7 Å². The van der Waals surface area contributed by atoms with Gasteiger partial charge in [-0.05, 0) is 24.6 Å². The van der Waals surface area contributed by atoms with Gasteiger partial charge in [0.1, 0.15) is 12.8 Å². The summed E-state index contributed by atoms with van der Waals surface area (Å²) in [6.45, 7) is 2.47. The van der Waals surface area contributed by atoms with Crippen LogP contribution in [0.4, 0.5) is 0 Å². The number of carbonyl (C=O) groups excluding carboxylic acids is 2. The summed E-state index contributed by atoms with van der Waals surface area (Å²) in [5.41, 5.74) is 2.65. The number of hydrogen-bond acceptors (Lipinski definition) is 5. The fourth-order valence-electron chi connectivity index (χ4n) is 6.89. The molecule has 174 valence electrons. The van der Waals surface area contributed by atoms with Gasteiger partial charge in [-0.25, -0.2) is 0 Å². The molecule has 3 aliphatic heterocycles. The highest BCUT2D eigenvalue weighted by Crippen LogP contribution is 2.57. The molecule has 3 atom stereocenters. The summed E-state index contributed by atoms with van der Waals surface area (Å²) in [5.74, 6) is -0.0703. The minimum atomic E-state index is -1.48. The molecule has 1 amide bonds. The van der Waals surface area contributed by atoms with E-state index in [2.05, 4.69) is 20.5 Å². The first-order valence-electron chi connectivity index (χ1n) is 11.7. The number of para-hydroxylation sites is 2. The molecule has 1 fully saturated rings. The van der Waals surface area contributed by atoms with Crippen LogP contribution in [0, 0.1) is 0 Å². The van der Waals surface area contributed by atoms with Crippen LogP contribution in [0.5, 0.6) is 0 Å². The molecule has 1 saturated heterocycles. The Hall–Kier alpha value is -3.88. The van der Waals surface area contributed by atoms with Gasteiger partial charge < -0.3 is 29.0 Å². The van der Waals surface area contributed by atoms with Gasteiger partial charge in [0.15, 0.2) is 11.3 Å². The van der Waals surface area contributed by atoms with Gasteiger partial charge in [0.25, 0.3) is 12.4 Å². The highest BCUT2D eigenvalue weighted by molar-refractivity contribution is 6.31. The number of benzene rings is 3. The smallest absolute Gasteiger partial charge is 0.293 e. The van der Waals surface area contributed by atoms with E-state index in [0.717, 1.165) is 49.2 Å². The Labute approximate surface area is 198 Å². The van der Waals surface area contributed by atoms with Gasteiger partial charge in [-0.1, -0.05) is 36.4 Å². The Kier molecular flexibility index (Phi) is 3.34. The largest absolute Gasteiger partial charge is 0.465 e. The molecule has 3 aliphatic rings. The number of hydrogen-bond donors (Lipinski definition) is 2. The standard InChI is InChI=1S/C27H21N3O5/c1-26-27(33,12-34-13-31)10-19(35-26)29-17-8-4-2-6-14(17)21-22-16(11-28-25(22)32)20-15-7-3-5-9-18(15)30(26)24(20)23(21)29/h2-9,13,19,33H,10-12H2,1H3,(H,28,32)/t19-,26+,27+/m0/s1. The van der Waals surface area contributed by atoms with E-state index in [4.69, 9.17) is 9.47 Å². The number of carbonyl (C=O) groups is 2. The molecule has 0 aliphatic carbocycles. The molecule has 2 bridgehead atoms. The van der Waals surface area contributed by atoms with Crippen LogP contribution >= 0.6 is 0 Å². The summed E-state index contributed by atoms with van der Waals surface area (Å²) in [5, 5.41) is 18.9. The van der Waals surface area contributed by atoms with E-state index in [-0.39, 0.29) is 18.9 Å². The predicted octanol–water partition coefficient (Wildman–Crippen LogP) is 3.66. The summed E-state index contributed by atoms with van der Waals surface area (Å²) in [6, 6.07) is 16.0. The Bertz CT molecular complexity index is 1800. The van der Waals surface area contributed by atoms with Gasteiger partial charge in [0, 0.05) is 34.5 Å². The third-order valence-corrected chi connectivity index (χ3v) is 8.36. The quantitative estimate of drug-likeness (QED) is 0.395. The van der Waals surface area contributed by atoms with Crippen LogP contribution < -0.4 is 5.32 Å². The molecule has 5 heterocycles. The van der Waals surface area contributed by atoms with E-state index in [1.165, 1.54) is 0 Å². The molecular formula is C27H21N3O5. The van der Waals surface area contributed by atoms with Crippen molar-refractivity contribution in [2.45, 2.75) is 37.4 Å². The molecule has 0 unspecified atom stereocenters. The molecule has 8 heteroatoms. The summed E-state index contributed by atoms with van der Waals surface area (Å²) in [7, 11) is 0. The highest BCUT2D eigenvalue weighted by atomic mass is 16.6. The minimum absolute atomic E-state index is 0.0703. The number of rotatable bonds is 3. The van der Waals surface area contributed by atoms with E-state index in [1.807, 2.05) is 49.4 Å². The number of aromatic nitrogens is 2. The SMILES string of the molecule is C[C@@]12O[C@@H](C[C@@]1(O)COC=O)n1c3ccccc3c3c4c(c5c6ccccc6n2c5c31)CNC4=O. The summed E-state index contributed by atoms with van der Waals surface area (Å²) in [4.78, 5) is 24.4. The third-order valence-electron chi connectivity index (χ3n) is 8.36. The van der Waals surface area contributed by atoms with E-state index in [1.54, 1.807) is 0 Å². The van der Waals surface area contributed by atoms with Crippen LogP contribution in [0.1, 0.15) is 35.5 Å². The first kappa shape index (κ1) is 19.4. The van der Waals surface area contributed by atoms with Crippen LogP contribution in [-0.4, -0.2) is 38.8 Å². The van der Waals surface area contributed by atoms with Gasteiger partial charge in [-0.2, -0.15) is 0 Å². The lowest BCUT2D eigenvalue weighted by Gasteiger charge is -2.39. The normalized spacial score (nSPS) is 26.7. The number of ether oxygens (including phenoxy) is 2. The lowest BCUT2D eigenvalue weighted by molar-refractivity contribution is -0.194. The van der Waals surface area contributed by atoms with Crippen molar-refractivity contribution in [3.8, 4) is 0 Å². The molecule has 8 nitrogen and oxygen atoms in total. The van der Waals surface area contributed by atoms with Crippen molar-refractivity contribution in [2.24, 2.45) is 0 Å². The first-order chi connectivity index (χ1) is 17.0. The molecule has 0 saturated carbocycles. The van der Waals surface area contributed by atoms with Crippen molar-refractivity contribution < 1.29 is 24.2 Å². The molecule has 0 spiro atoms. The molecule has 5 aromatic rings. The van der Waals surface area contributed by atoms with Gasteiger partial charge in [0.2, 0.25) is 0 Å². The van der Waals surface area contributed by atoms with E-state index in [0.29, 0.717) is 18.6 Å². The van der Waals surface area contributed by atoms with Crippen molar-refractivity contribution in [1.29, 1.82) is 0 Å². The number of nitrogens with zero attached hydrogens (tertiary/aromatic N) is 2. The number of aliphatic hydroxyl groups is 1. The lowest BCUT2D eigenvalue weighted by Crippen LogP contribution is -2.53. The molecule has 35 heavy (non-hydrogen) atoms. The van der Waals surface area contributed by atoms with Crippen molar-refractivity contribution in [2.75, 3.05) is 6.61 Å². The van der Waals surface area contributed by atoms with Crippen LogP contribution in [0.15, 0.2) is 48.5 Å². The van der Waals surface area contributed by atoms with Gasteiger partial charge in [-0.3, -0.25) is 9.59 Å². The minimum Gasteiger partial charge on any atom is -0.465 e. The molecule has 2 aromatic heterocycles. The summed E-state index contributed by atoms with van der Waals surface area (Å²) < 4.78 is 16.1. The number of nitrogens with one attached hydrogen (secondary N) is 1. The van der Waals surface area contributed by atoms with Gasteiger partial charge >= 0.3 is 0 Å². The average molecular weight is 467 g/mol. The summed E-state index contributed by atoms with van der Waals surface area (Å²) in [6.07, 6.45) is -0.297. The Morgan fingerprint density at radius 1 is 1.11 bits per heavy atom. The van der Waals surface area contributed by atoms with Crippen LogP contribution in [-0.2, 0) is 26.5 Å². The zero-order valence-corrected chi connectivity index (χ0v) is 18.9. The maximum Gasteiger partial charge on any atom is 0.293 e. The highest BCUT2D eigenvalue weighted by Gasteiger charge is 2.61. The van der Waals surface area contributed by atoms with E-state index >= 15 is 0 Å². The van der Waals surface area contributed by atoms with Crippen molar-refractivity contribution in [1.82, 2.24) is 14.5 Å². The maximum atomic E-state index is 13.2. The predicted molar refractivity (Wildman–Crippen MR) is 129 cm³/mol. The second-order valence-corrected chi connectivity index (χ2v) is 9.92. The van der Waals surface area contributed by atoms with Crippen molar-refractivity contribution >= 4 is 56.0 Å². The third kappa shape index (κ3) is 2.00. The fraction of sp³-hybridized carbons (Fsp3) is 0.259. The maximum absolute atomic E-state index is 13.2. The van der Waals surface area contributed by atoms with Crippen molar-refractivity contribution in [3.63, 3.8) is 0 Å². The molecule has 8 rings (SSSR count). The van der Waals surface area contributed by atoms with E-state index < -0.39 is 17.6 Å². The topological polar surface area (TPSA) is 94.7 Å². The Morgan fingerprint density at radius 3 is 2.60 bits per heavy atom. The van der Waals surface area contributed by atoms with Crippen LogP contribution in [0.2, 0.25) is 0 Å². The zero-order valence-electron chi connectivity index (χ0n) is 18.9. The molecule has 3 aromatic carbocycles. The Morgan fingerprint density at radius 2 is 1.83 bits per heavy atom. The van der Waals surface area contributed by atoms with Gasteiger partial charge in [0.05, 0.1) is 27.6 Å². The van der Waals surface area contributed by atoms with Crippen LogP contribution in [0.3, 0.4) is 0 Å². The monoisotopic (exact) mass is 467 g/mol.